The van der Waals surface area contributed by atoms with Crippen LogP contribution in [0.5, 0.6) is 0 Å². The van der Waals surface area contributed by atoms with Crippen molar-refractivity contribution in [1.82, 2.24) is 10.6 Å². The minimum atomic E-state index is -0.403. The molecule has 1 aromatic carbocycles. The van der Waals surface area contributed by atoms with E-state index in [1.807, 2.05) is 24.3 Å². The van der Waals surface area contributed by atoms with Crippen molar-refractivity contribution in [1.29, 1.82) is 0 Å². The van der Waals surface area contributed by atoms with Crippen molar-refractivity contribution in [3.8, 4) is 0 Å². The van der Waals surface area contributed by atoms with E-state index in [-0.39, 0.29) is 5.91 Å². The van der Waals surface area contributed by atoms with Crippen LogP contribution in [-0.4, -0.2) is 32.2 Å². The van der Waals surface area contributed by atoms with Crippen molar-refractivity contribution >= 4 is 17.5 Å². The lowest BCUT2D eigenvalue weighted by atomic mass is 9.75. The van der Waals surface area contributed by atoms with Crippen molar-refractivity contribution in [3.05, 3.63) is 34.9 Å². The first kappa shape index (κ1) is 13.9. The van der Waals surface area contributed by atoms with Crippen LogP contribution in [0.15, 0.2) is 24.3 Å². The van der Waals surface area contributed by atoms with Gasteiger partial charge < -0.3 is 15.4 Å². The van der Waals surface area contributed by atoms with E-state index in [0.717, 1.165) is 25.1 Å². The Morgan fingerprint density at radius 2 is 2.35 bits per heavy atom. The number of ether oxygens (including phenoxy) is 1. The summed E-state index contributed by atoms with van der Waals surface area (Å²) in [5.74, 6) is 0.453. The van der Waals surface area contributed by atoms with Gasteiger partial charge in [-0.25, -0.2) is 0 Å². The van der Waals surface area contributed by atoms with Crippen LogP contribution in [0.25, 0.3) is 0 Å². The molecule has 1 aromatic rings. The number of halogens is 1. The van der Waals surface area contributed by atoms with E-state index in [9.17, 15) is 4.79 Å². The highest BCUT2D eigenvalue weighted by Crippen LogP contribution is 2.37. The van der Waals surface area contributed by atoms with Crippen LogP contribution in [0.4, 0.5) is 0 Å². The van der Waals surface area contributed by atoms with E-state index < -0.39 is 5.41 Å². The largest absolute Gasteiger partial charge is 0.380 e. The number of nitrogens with one attached hydrogen (secondary N) is 2. The van der Waals surface area contributed by atoms with Crippen LogP contribution in [0.1, 0.15) is 12.0 Å². The summed E-state index contributed by atoms with van der Waals surface area (Å²) in [5, 5.41) is 7.04. The highest BCUT2D eigenvalue weighted by molar-refractivity contribution is 6.31. The molecule has 0 unspecified atom stereocenters. The smallest absolute Gasteiger partial charge is 0.230 e. The lowest BCUT2D eigenvalue weighted by Gasteiger charge is -2.36. The monoisotopic (exact) mass is 294 g/mol. The molecular formula is C15H19ClN2O2. The van der Waals surface area contributed by atoms with Gasteiger partial charge in [0.15, 0.2) is 0 Å². The van der Waals surface area contributed by atoms with Gasteiger partial charge in [-0.05, 0) is 30.5 Å². The SMILES string of the molecule is O=C(NCc1ccccc1Cl)[C@]12CNC[C@H]1CCOC2. The summed E-state index contributed by atoms with van der Waals surface area (Å²) in [6.07, 6.45) is 0.951. The highest BCUT2D eigenvalue weighted by Gasteiger charge is 2.50. The maximum absolute atomic E-state index is 12.6. The number of carbonyl (C=O) groups is 1. The molecule has 0 aromatic heterocycles. The predicted octanol–water partition coefficient (Wildman–Crippen LogP) is 1.58. The lowest BCUT2D eigenvalue weighted by Crippen LogP contribution is -2.51. The van der Waals surface area contributed by atoms with Crippen LogP contribution in [0, 0.1) is 11.3 Å². The summed E-state index contributed by atoms with van der Waals surface area (Å²) in [5.41, 5.74) is 0.539. The average molecular weight is 295 g/mol. The number of hydrogen-bond donors (Lipinski definition) is 2. The Bertz CT molecular complexity index is 508. The summed E-state index contributed by atoms with van der Waals surface area (Å²) in [4.78, 5) is 12.6. The van der Waals surface area contributed by atoms with Gasteiger partial charge in [0.25, 0.3) is 0 Å². The van der Waals surface area contributed by atoms with E-state index in [1.165, 1.54) is 0 Å². The molecule has 0 saturated carbocycles. The fourth-order valence-corrected chi connectivity index (χ4v) is 3.36. The van der Waals surface area contributed by atoms with Gasteiger partial charge in [-0.2, -0.15) is 0 Å². The molecule has 0 bridgehead atoms. The van der Waals surface area contributed by atoms with Crippen molar-refractivity contribution < 1.29 is 9.53 Å². The van der Waals surface area contributed by atoms with E-state index >= 15 is 0 Å². The van der Waals surface area contributed by atoms with Gasteiger partial charge in [0, 0.05) is 24.7 Å². The predicted molar refractivity (Wildman–Crippen MR) is 77.5 cm³/mol. The fraction of sp³-hybridized carbons (Fsp3) is 0.533. The van der Waals surface area contributed by atoms with Gasteiger partial charge >= 0.3 is 0 Å². The molecule has 1 amide bonds. The molecule has 5 heteroatoms. The molecule has 0 radical (unpaired) electrons. The van der Waals surface area contributed by atoms with Gasteiger partial charge in [0.2, 0.25) is 5.91 Å². The standard InChI is InChI=1S/C15H19ClN2O2/c16-13-4-2-1-3-11(13)7-18-14(19)15-9-17-8-12(15)5-6-20-10-15/h1-4,12,17H,5-10H2,(H,18,19)/t12-,15+/m1/s1. The maximum Gasteiger partial charge on any atom is 0.230 e. The normalized spacial score (nSPS) is 28.9. The molecule has 108 valence electrons. The molecule has 2 aliphatic heterocycles. The molecule has 0 spiro atoms. The van der Waals surface area contributed by atoms with Crippen molar-refractivity contribution in [3.63, 3.8) is 0 Å². The lowest BCUT2D eigenvalue weighted by molar-refractivity contribution is -0.141. The molecule has 2 fully saturated rings. The Morgan fingerprint density at radius 1 is 1.50 bits per heavy atom. The molecule has 2 atom stereocenters. The summed E-state index contributed by atoms with van der Waals surface area (Å²) in [6.45, 7) is 3.34. The first-order valence-electron chi connectivity index (χ1n) is 7.02. The second-order valence-corrected chi connectivity index (χ2v) is 6.01. The average Bonchev–Trinajstić information content (AvgIpc) is 2.91. The molecule has 2 saturated heterocycles. The number of benzene rings is 1. The van der Waals surface area contributed by atoms with Gasteiger partial charge in [-0.3, -0.25) is 4.79 Å². The van der Waals surface area contributed by atoms with Crippen molar-refractivity contribution in [2.75, 3.05) is 26.3 Å². The molecule has 3 rings (SSSR count). The second-order valence-electron chi connectivity index (χ2n) is 5.60. The minimum absolute atomic E-state index is 0.0760. The van der Waals surface area contributed by atoms with Crippen LogP contribution >= 0.6 is 11.6 Å². The third kappa shape index (κ3) is 2.43. The highest BCUT2D eigenvalue weighted by atomic mass is 35.5. The third-order valence-electron chi connectivity index (χ3n) is 4.43. The Hall–Kier alpha value is -1.10. The topological polar surface area (TPSA) is 50.4 Å². The summed E-state index contributed by atoms with van der Waals surface area (Å²) < 4.78 is 5.56. The zero-order chi connectivity index (χ0) is 14.0. The van der Waals surface area contributed by atoms with Crippen molar-refractivity contribution in [2.45, 2.75) is 13.0 Å². The zero-order valence-electron chi connectivity index (χ0n) is 11.3. The Morgan fingerprint density at radius 3 is 3.20 bits per heavy atom. The molecule has 2 heterocycles. The van der Waals surface area contributed by atoms with E-state index in [1.54, 1.807) is 0 Å². The van der Waals surface area contributed by atoms with Gasteiger partial charge in [0.05, 0.1) is 12.0 Å². The van der Waals surface area contributed by atoms with Crippen molar-refractivity contribution in [2.24, 2.45) is 11.3 Å². The molecule has 4 nitrogen and oxygen atoms in total. The summed E-state index contributed by atoms with van der Waals surface area (Å²) >= 11 is 6.11. The minimum Gasteiger partial charge on any atom is -0.380 e. The number of carbonyl (C=O) groups excluding carboxylic acids is 1. The number of fused-ring (bicyclic) bond motifs is 1. The maximum atomic E-state index is 12.6. The molecule has 20 heavy (non-hydrogen) atoms. The molecule has 0 aliphatic carbocycles. The van der Waals surface area contributed by atoms with E-state index in [0.29, 0.717) is 30.6 Å². The molecular weight excluding hydrogens is 276 g/mol. The zero-order valence-corrected chi connectivity index (χ0v) is 12.1. The number of rotatable bonds is 3. The molecule has 2 aliphatic rings. The Labute approximate surface area is 123 Å². The van der Waals surface area contributed by atoms with Gasteiger partial charge in [-0.1, -0.05) is 29.8 Å². The third-order valence-corrected chi connectivity index (χ3v) is 4.80. The second kappa shape index (κ2) is 5.72. The summed E-state index contributed by atoms with van der Waals surface area (Å²) in [7, 11) is 0. The Balaban J connectivity index is 1.68. The van der Waals surface area contributed by atoms with E-state index in [2.05, 4.69) is 10.6 Å². The first-order chi connectivity index (χ1) is 9.72. The van der Waals surface area contributed by atoms with E-state index in [4.69, 9.17) is 16.3 Å². The van der Waals surface area contributed by atoms with Crippen LogP contribution in [0.3, 0.4) is 0 Å². The Kier molecular flexibility index (Phi) is 3.96. The van der Waals surface area contributed by atoms with Gasteiger partial charge in [-0.15, -0.1) is 0 Å². The van der Waals surface area contributed by atoms with Crippen LogP contribution < -0.4 is 10.6 Å². The summed E-state index contributed by atoms with van der Waals surface area (Å²) in [6, 6.07) is 7.58. The fourth-order valence-electron chi connectivity index (χ4n) is 3.16. The quantitative estimate of drug-likeness (QED) is 0.890. The van der Waals surface area contributed by atoms with Crippen LogP contribution in [-0.2, 0) is 16.1 Å². The first-order valence-corrected chi connectivity index (χ1v) is 7.40. The van der Waals surface area contributed by atoms with Crippen LogP contribution in [0.2, 0.25) is 5.02 Å². The van der Waals surface area contributed by atoms with Gasteiger partial charge in [0.1, 0.15) is 0 Å². The molecule has 2 N–H and O–H groups in total. The number of hydrogen-bond acceptors (Lipinski definition) is 3. The number of amides is 1.